The Kier molecular flexibility index (Phi) is 5.14. The van der Waals surface area contributed by atoms with Gasteiger partial charge in [0, 0.05) is 24.8 Å². The van der Waals surface area contributed by atoms with Crippen molar-refractivity contribution >= 4 is 5.69 Å². The van der Waals surface area contributed by atoms with E-state index >= 15 is 0 Å². The van der Waals surface area contributed by atoms with Gasteiger partial charge in [-0.1, -0.05) is 25.8 Å². The highest BCUT2D eigenvalue weighted by molar-refractivity contribution is 5.53. The van der Waals surface area contributed by atoms with Crippen LogP contribution in [0.1, 0.15) is 50.2 Å². The lowest BCUT2D eigenvalue weighted by atomic mass is 10.0. The van der Waals surface area contributed by atoms with E-state index in [0.717, 1.165) is 38.6 Å². The van der Waals surface area contributed by atoms with Gasteiger partial charge in [-0.05, 0) is 37.0 Å². The summed E-state index contributed by atoms with van der Waals surface area (Å²) in [5, 5.41) is 0. The van der Waals surface area contributed by atoms with Crippen molar-refractivity contribution in [1.29, 1.82) is 0 Å². The first kappa shape index (κ1) is 16.1. The van der Waals surface area contributed by atoms with Gasteiger partial charge < -0.3 is 10.6 Å². The maximum absolute atomic E-state index is 13.2. The predicted molar refractivity (Wildman–Crippen MR) is 79.2 cm³/mol. The Morgan fingerprint density at radius 2 is 2.00 bits per heavy atom. The first-order valence-corrected chi connectivity index (χ1v) is 7.64. The topological polar surface area (TPSA) is 29.3 Å². The average Bonchev–Trinajstić information content (AvgIpc) is 2.70. The molecule has 5 heteroatoms. The number of anilines is 1. The molecule has 1 saturated heterocycles. The summed E-state index contributed by atoms with van der Waals surface area (Å²) in [5.74, 6) is 0. The number of hydrogen-bond donors (Lipinski definition) is 1. The van der Waals surface area contributed by atoms with Crippen molar-refractivity contribution < 1.29 is 13.2 Å². The van der Waals surface area contributed by atoms with Crippen LogP contribution in [0.5, 0.6) is 0 Å². The Hall–Kier alpha value is -1.23. The Bertz CT molecular complexity index is 471. The van der Waals surface area contributed by atoms with Gasteiger partial charge in [0.15, 0.2) is 0 Å². The molecular weight excluding hydrogens is 277 g/mol. The molecule has 0 radical (unpaired) electrons. The van der Waals surface area contributed by atoms with E-state index in [2.05, 4.69) is 11.8 Å². The molecule has 0 aromatic heterocycles. The molecule has 2 N–H and O–H groups in total. The SMILES string of the molecule is CCC1CCCCCN1c1ccc(CN)c(C(F)(F)F)c1. The number of nitrogens with two attached hydrogens (primary N) is 1. The smallest absolute Gasteiger partial charge is 0.369 e. The molecule has 1 aliphatic rings. The molecule has 2 rings (SSSR count). The highest BCUT2D eigenvalue weighted by atomic mass is 19.4. The van der Waals surface area contributed by atoms with Crippen LogP contribution in [0.15, 0.2) is 18.2 Å². The van der Waals surface area contributed by atoms with Gasteiger partial charge in [0.25, 0.3) is 0 Å². The summed E-state index contributed by atoms with van der Waals surface area (Å²) in [6, 6.07) is 4.91. The van der Waals surface area contributed by atoms with Crippen LogP contribution < -0.4 is 10.6 Å². The summed E-state index contributed by atoms with van der Waals surface area (Å²) in [6.45, 7) is 2.84. The van der Waals surface area contributed by atoms with Crippen molar-refractivity contribution in [3.63, 3.8) is 0 Å². The molecule has 1 aromatic carbocycles. The highest BCUT2D eigenvalue weighted by Gasteiger charge is 2.34. The van der Waals surface area contributed by atoms with Crippen LogP contribution in [-0.2, 0) is 12.7 Å². The second-order valence-corrected chi connectivity index (χ2v) is 5.65. The van der Waals surface area contributed by atoms with Crippen molar-refractivity contribution in [2.45, 2.75) is 57.8 Å². The number of alkyl halides is 3. The number of rotatable bonds is 3. The fraction of sp³-hybridized carbons (Fsp3) is 0.625. The minimum atomic E-state index is -4.35. The van der Waals surface area contributed by atoms with Gasteiger partial charge in [-0.2, -0.15) is 13.2 Å². The lowest BCUT2D eigenvalue weighted by Gasteiger charge is -2.32. The van der Waals surface area contributed by atoms with Crippen LogP contribution in [0, 0.1) is 0 Å². The Morgan fingerprint density at radius 3 is 2.62 bits per heavy atom. The molecule has 1 heterocycles. The molecule has 118 valence electrons. The minimum absolute atomic E-state index is 0.0909. The van der Waals surface area contributed by atoms with Crippen LogP contribution in [0.3, 0.4) is 0 Å². The number of nitrogens with zero attached hydrogens (tertiary/aromatic N) is 1. The third kappa shape index (κ3) is 3.70. The molecule has 0 aliphatic carbocycles. The molecule has 1 unspecified atom stereocenters. The van der Waals surface area contributed by atoms with E-state index in [1.807, 2.05) is 0 Å². The summed E-state index contributed by atoms with van der Waals surface area (Å²) in [6.07, 6.45) is 1.01. The third-order valence-corrected chi connectivity index (χ3v) is 4.30. The van der Waals surface area contributed by atoms with Crippen molar-refractivity contribution in [1.82, 2.24) is 0 Å². The van der Waals surface area contributed by atoms with Crippen LogP contribution in [-0.4, -0.2) is 12.6 Å². The largest absolute Gasteiger partial charge is 0.416 e. The fourth-order valence-electron chi connectivity index (χ4n) is 3.13. The van der Waals surface area contributed by atoms with E-state index < -0.39 is 11.7 Å². The van der Waals surface area contributed by atoms with Gasteiger partial charge in [-0.3, -0.25) is 0 Å². The molecule has 0 saturated carbocycles. The Balaban J connectivity index is 2.38. The van der Waals surface area contributed by atoms with E-state index in [9.17, 15) is 13.2 Å². The zero-order valence-corrected chi connectivity index (χ0v) is 12.4. The summed E-state index contributed by atoms with van der Waals surface area (Å²) in [5.41, 5.74) is 5.68. The van der Waals surface area contributed by atoms with Crippen molar-refractivity contribution in [2.24, 2.45) is 5.73 Å². The molecule has 1 aliphatic heterocycles. The standard InChI is InChI=1S/C16H23F3N2/c1-2-13-6-4-3-5-9-21(13)14-8-7-12(11-20)15(10-14)16(17,18)19/h7-8,10,13H,2-6,9,11,20H2,1H3. The molecule has 0 amide bonds. The maximum Gasteiger partial charge on any atom is 0.416 e. The zero-order chi connectivity index (χ0) is 15.5. The van der Waals surface area contributed by atoms with Crippen molar-refractivity contribution in [2.75, 3.05) is 11.4 Å². The van der Waals surface area contributed by atoms with Crippen LogP contribution in [0.2, 0.25) is 0 Å². The van der Waals surface area contributed by atoms with E-state index in [-0.39, 0.29) is 12.1 Å². The summed E-state index contributed by atoms with van der Waals surface area (Å²) < 4.78 is 39.5. The molecule has 1 aromatic rings. The number of halogens is 3. The van der Waals surface area contributed by atoms with Crippen LogP contribution in [0.4, 0.5) is 18.9 Å². The van der Waals surface area contributed by atoms with Gasteiger partial charge in [-0.15, -0.1) is 0 Å². The maximum atomic E-state index is 13.2. The fourth-order valence-corrected chi connectivity index (χ4v) is 3.13. The minimum Gasteiger partial charge on any atom is -0.369 e. The van der Waals surface area contributed by atoms with Gasteiger partial charge in [-0.25, -0.2) is 0 Å². The van der Waals surface area contributed by atoms with E-state index in [0.29, 0.717) is 11.7 Å². The summed E-state index contributed by atoms with van der Waals surface area (Å²) in [7, 11) is 0. The quantitative estimate of drug-likeness (QED) is 0.900. The average molecular weight is 300 g/mol. The van der Waals surface area contributed by atoms with Gasteiger partial charge in [0.05, 0.1) is 5.56 Å². The lowest BCUT2D eigenvalue weighted by molar-refractivity contribution is -0.138. The monoisotopic (exact) mass is 300 g/mol. The van der Waals surface area contributed by atoms with Crippen LogP contribution >= 0.6 is 0 Å². The van der Waals surface area contributed by atoms with Gasteiger partial charge >= 0.3 is 6.18 Å². The Labute approximate surface area is 124 Å². The molecule has 21 heavy (non-hydrogen) atoms. The number of benzene rings is 1. The summed E-state index contributed by atoms with van der Waals surface area (Å²) in [4.78, 5) is 2.14. The van der Waals surface area contributed by atoms with Crippen molar-refractivity contribution in [3.05, 3.63) is 29.3 Å². The first-order valence-electron chi connectivity index (χ1n) is 7.64. The molecular formula is C16H23F3N2. The second kappa shape index (κ2) is 6.69. The molecule has 0 spiro atoms. The van der Waals surface area contributed by atoms with Gasteiger partial charge in [0.2, 0.25) is 0 Å². The predicted octanol–water partition coefficient (Wildman–Crippen LogP) is 4.32. The summed E-state index contributed by atoms with van der Waals surface area (Å²) >= 11 is 0. The van der Waals surface area contributed by atoms with E-state index in [1.54, 1.807) is 6.07 Å². The molecule has 1 fully saturated rings. The lowest BCUT2D eigenvalue weighted by Crippen LogP contribution is -2.34. The second-order valence-electron chi connectivity index (χ2n) is 5.65. The normalized spacial score (nSPS) is 20.4. The van der Waals surface area contributed by atoms with Crippen LogP contribution in [0.25, 0.3) is 0 Å². The number of hydrogen-bond acceptors (Lipinski definition) is 2. The molecule has 2 nitrogen and oxygen atoms in total. The third-order valence-electron chi connectivity index (χ3n) is 4.30. The molecule has 1 atom stereocenters. The zero-order valence-electron chi connectivity index (χ0n) is 12.4. The first-order chi connectivity index (χ1) is 9.97. The molecule has 0 bridgehead atoms. The Morgan fingerprint density at radius 1 is 1.24 bits per heavy atom. The van der Waals surface area contributed by atoms with Gasteiger partial charge in [0.1, 0.15) is 0 Å². The van der Waals surface area contributed by atoms with Crippen molar-refractivity contribution in [3.8, 4) is 0 Å². The van der Waals surface area contributed by atoms with E-state index in [4.69, 9.17) is 5.73 Å². The van der Waals surface area contributed by atoms with E-state index in [1.165, 1.54) is 12.1 Å². The highest BCUT2D eigenvalue weighted by Crippen LogP contribution is 2.36.